The summed E-state index contributed by atoms with van der Waals surface area (Å²) >= 11 is 0. The molecule has 33 heavy (non-hydrogen) atoms. The monoisotopic (exact) mass is 447 g/mol. The number of ether oxygens (including phenoxy) is 1. The van der Waals surface area contributed by atoms with Gasteiger partial charge in [-0.25, -0.2) is 9.59 Å². The molecule has 2 heterocycles. The van der Waals surface area contributed by atoms with Crippen LogP contribution >= 0.6 is 0 Å². The number of benzene rings is 2. The minimum atomic E-state index is -0.576. The van der Waals surface area contributed by atoms with E-state index in [0.717, 1.165) is 31.8 Å². The lowest BCUT2D eigenvalue weighted by molar-refractivity contribution is 0.170. The van der Waals surface area contributed by atoms with Crippen molar-refractivity contribution in [3.8, 4) is 0 Å². The van der Waals surface area contributed by atoms with Crippen molar-refractivity contribution in [2.45, 2.75) is 38.6 Å². The lowest BCUT2D eigenvalue weighted by atomic mass is 9.99. The summed E-state index contributed by atoms with van der Waals surface area (Å²) in [4.78, 5) is 27.2. The van der Waals surface area contributed by atoms with Gasteiger partial charge in [-0.1, -0.05) is 19.1 Å². The van der Waals surface area contributed by atoms with Crippen LogP contribution < -0.4 is 15.5 Å². The topological polar surface area (TPSA) is 88.5 Å². The minimum Gasteiger partial charge on any atom is -0.451 e. The Balaban J connectivity index is 1.28. The normalized spacial score (nSPS) is 19.9. The van der Waals surface area contributed by atoms with Gasteiger partial charge in [-0.15, -0.1) is 0 Å². The highest BCUT2D eigenvalue weighted by molar-refractivity contribution is 6.02. The van der Waals surface area contributed by atoms with Crippen LogP contribution in [0.2, 0.25) is 0 Å². The Hall–Kier alpha value is -3.55. The smallest absolute Gasteiger partial charge is 0.434 e. The molecule has 2 atom stereocenters. The van der Waals surface area contributed by atoms with Crippen LogP contribution in [0.25, 0.3) is 10.9 Å². The van der Waals surface area contributed by atoms with E-state index in [4.69, 9.17) is 4.74 Å². The van der Waals surface area contributed by atoms with E-state index in [1.165, 1.54) is 41.4 Å². The van der Waals surface area contributed by atoms with Crippen molar-refractivity contribution in [2.24, 2.45) is 5.92 Å². The molecule has 0 saturated carbocycles. The number of hydrogen-bond donors (Lipinski definition) is 2. The Bertz CT molecular complexity index is 1200. The Morgan fingerprint density at radius 2 is 2.06 bits per heavy atom. The summed E-state index contributed by atoms with van der Waals surface area (Å²) in [6.45, 7) is 4.55. The first-order chi connectivity index (χ1) is 16.0. The quantitative estimate of drug-likeness (QED) is 0.608. The van der Waals surface area contributed by atoms with Gasteiger partial charge in [-0.3, -0.25) is 0 Å². The molecule has 1 fully saturated rings. The summed E-state index contributed by atoms with van der Waals surface area (Å²) in [5.74, 6) is 0.731. The van der Waals surface area contributed by atoms with Crippen LogP contribution in [0.5, 0.6) is 0 Å². The molecular weight excluding hydrogens is 418 g/mol. The van der Waals surface area contributed by atoms with Gasteiger partial charge >= 0.3 is 12.1 Å². The highest BCUT2D eigenvalue weighted by Gasteiger charge is 2.26. The van der Waals surface area contributed by atoms with E-state index >= 15 is 0 Å². The number of fused-ring (bicyclic) bond motifs is 2. The summed E-state index contributed by atoms with van der Waals surface area (Å²) in [5, 5.41) is 10.8. The van der Waals surface area contributed by atoms with Gasteiger partial charge in [0.1, 0.15) is 0 Å². The molecule has 0 spiro atoms. The second-order valence-corrected chi connectivity index (χ2v) is 9.03. The fourth-order valence-corrected chi connectivity index (χ4v) is 5.08. The zero-order chi connectivity index (χ0) is 22.9. The van der Waals surface area contributed by atoms with E-state index in [0.29, 0.717) is 16.6 Å². The number of piperidine rings is 1. The van der Waals surface area contributed by atoms with Crippen LogP contribution in [0.1, 0.15) is 43.4 Å². The first-order valence-corrected chi connectivity index (χ1v) is 11.5. The number of rotatable bonds is 3. The fourth-order valence-electron chi connectivity index (χ4n) is 5.08. The predicted molar refractivity (Wildman–Crippen MR) is 128 cm³/mol. The molecule has 0 radical (unpaired) electrons. The standard InChI is InChI=1S/C25H29N5O3/c1-16-5-4-12-29(15-16)18-9-10-19-17(13-18)8-11-22(19)28-24(31)27-21-6-3-7-23-20(21)14-26-30(23)25(32)33-2/h3,6-7,9-10,13-14,16,22H,4-5,8,11-12,15H2,1-2H3,(H2,27,28,31). The Morgan fingerprint density at radius 3 is 2.88 bits per heavy atom. The first-order valence-electron chi connectivity index (χ1n) is 11.5. The van der Waals surface area contributed by atoms with Crippen molar-refractivity contribution in [3.63, 3.8) is 0 Å². The number of anilines is 2. The predicted octanol–water partition coefficient (Wildman–Crippen LogP) is 4.70. The lowest BCUT2D eigenvalue weighted by Gasteiger charge is -2.33. The molecule has 8 nitrogen and oxygen atoms in total. The van der Waals surface area contributed by atoms with E-state index in [1.54, 1.807) is 24.4 Å². The molecule has 1 aromatic heterocycles. The van der Waals surface area contributed by atoms with Crippen LogP contribution in [0.4, 0.5) is 21.0 Å². The molecule has 5 rings (SSSR count). The third kappa shape index (κ3) is 4.13. The van der Waals surface area contributed by atoms with Crippen LogP contribution in [0, 0.1) is 5.92 Å². The largest absolute Gasteiger partial charge is 0.451 e. The van der Waals surface area contributed by atoms with Crippen LogP contribution in [0.3, 0.4) is 0 Å². The number of methoxy groups -OCH3 is 1. The van der Waals surface area contributed by atoms with Crippen LogP contribution in [0.15, 0.2) is 42.6 Å². The van der Waals surface area contributed by atoms with Crippen molar-refractivity contribution < 1.29 is 14.3 Å². The number of aryl methyl sites for hydroxylation is 1. The van der Waals surface area contributed by atoms with Gasteiger partial charge in [-0.2, -0.15) is 9.78 Å². The molecule has 2 aliphatic rings. The maximum atomic E-state index is 12.8. The molecule has 8 heteroatoms. The van der Waals surface area contributed by atoms with E-state index < -0.39 is 6.09 Å². The summed E-state index contributed by atoms with van der Waals surface area (Å²) in [7, 11) is 1.31. The van der Waals surface area contributed by atoms with Crippen LogP contribution in [-0.2, 0) is 11.2 Å². The number of nitrogens with one attached hydrogen (secondary N) is 2. The Kier molecular flexibility index (Phi) is 5.66. The van der Waals surface area contributed by atoms with Gasteiger partial charge in [0.15, 0.2) is 0 Å². The van der Waals surface area contributed by atoms with Gasteiger partial charge in [0.2, 0.25) is 0 Å². The third-order valence-electron chi connectivity index (χ3n) is 6.74. The molecule has 172 valence electrons. The molecular formula is C25H29N5O3. The summed E-state index contributed by atoms with van der Waals surface area (Å²) < 4.78 is 5.93. The zero-order valence-corrected chi connectivity index (χ0v) is 19.0. The van der Waals surface area contributed by atoms with E-state index in [2.05, 4.69) is 45.8 Å². The maximum Gasteiger partial charge on any atom is 0.434 e. The molecule has 1 saturated heterocycles. The van der Waals surface area contributed by atoms with Gasteiger partial charge < -0.3 is 20.3 Å². The van der Waals surface area contributed by atoms with Crippen molar-refractivity contribution in [1.29, 1.82) is 0 Å². The molecule has 2 amide bonds. The second-order valence-electron chi connectivity index (χ2n) is 9.03. The van der Waals surface area contributed by atoms with Crippen molar-refractivity contribution >= 4 is 34.4 Å². The van der Waals surface area contributed by atoms with Crippen molar-refractivity contribution in [2.75, 3.05) is 30.4 Å². The number of carbonyl (C=O) groups excluding carboxylic acids is 2. The highest BCUT2D eigenvalue weighted by atomic mass is 16.5. The van der Waals surface area contributed by atoms with E-state index in [-0.39, 0.29) is 12.1 Å². The number of hydrogen-bond acceptors (Lipinski definition) is 5. The number of aromatic nitrogens is 2. The molecule has 0 bridgehead atoms. The maximum absolute atomic E-state index is 12.8. The third-order valence-corrected chi connectivity index (χ3v) is 6.74. The SMILES string of the molecule is COC(=O)n1ncc2c(NC(=O)NC3CCc4cc(N5CCCC(C)C5)ccc43)cccc21. The van der Waals surface area contributed by atoms with Gasteiger partial charge in [0, 0.05) is 24.2 Å². The van der Waals surface area contributed by atoms with E-state index in [1.807, 2.05) is 0 Å². The number of amides is 2. The average molecular weight is 448 g/mol. The average Bonchev–Trinajstić information content (AvgIpc) is 3.43. The van der Waals surface area contributed by atoms with Gasteiger partial charge in [-0.05, 0) is 67.0 Å². The molecule has 1 aliphatic heterocycles. The summed E-state index contributed by atoms with van der Waals surface area (Å²) in [6.07, 6.45) is 5.36. The number of nitrogens with zero attached hydrogens (tertiary/aromatic N) is 3. The second kappa shape index (κ2) is 8.77. The molecule has 2 aromatic carbocycles. The highest BCUT2D eigenvalue weighted by Crippen LogP contribution is 2.35. The number of urea groups is 1. The zero-order valence-electron chi connectivity index (χ0n) is 19.0. The van der Waals surface area contributed by atoms with Crippen LogP contribution in [-0.4, -0.2) is 42.1 Å². The van der Waals surface area contributed by atoms with Gasteiger partial charge in [0.25, 0.3) is 0 Å². The summed E-state index contributed by atoms with van der Waals surface area (Å²) in [6, 6.07) is 11.7. The van der Waals surface area contributed by atoms with Gasteiger partial charge in [0.05, 0.1) is 30.6 Å². The van der Waals surface area contributed by atoms with Crippen molar-refractivity contribution in [3.05, 3.63) is 53.7 Å². The summed E-state index contributed by atoms with van der Waals surface area (Å²) in [5.41, 5.74) is 4.96. The van der Waals surface area contributed by atoms with Crippen molar-refractivity contribution in [1.82, 2.24) is 15.1 Å². The molecule has 3 aromatic rings. The molecule has 2 unspecified atom stereocenters. The Morgan fingerprint density at radius 1 is 1.18 bits per heavy atom. The molecule has 2 N–H and O–H groups in total. The molecule has 1 aliphatic carbocycles. The Labute approximate surface area is 192 Å². The number of carbonyl (C=O) groups is 2. The minimum absolute atomic E-state index is 0.0219. The van der Waals surface area contributed by atoms with E-state index in [9.17, 15) is 9.59 Å². The first kappa shape index (κ1) is 21.3. The lowest BCUT2D eigenvalue weighted by Crippen LogP contribution is -2.34. The fraction of sp³-hybridized carbons (Fsp3) is 0.400.